The van der Waals surface area contributed by atoms with E-state index >= 15 is 0 Å². The number of fused-ring (bicyclic) bond motifs is 2. The fourth-order valence-corrected chi connectivity index (χ4v) is 4.55. The number of hydrogen-bond acceptors (Lipinski definition) is 2. The third-order valence-electron chi connectivity index (χ3n) is 5.41. The fraction of sp³-hybridized carbons (Fsp3) is 0.647. The van der Waals surface area contributed by atoms with Gasteiger partial charge in [0, 0.05) is 24.3 Å². The molecule has 3 aliphatic rings. The van der Waals surface area contributed by atoms with Crippen LogP contribution in [0.25, 0.3) is 0 Å². The molecule has 0 radical (unpaired) electrons. The van der Waals surface area contributed by atoms with Crippen molar-refractivity contribution in [3.63, 3.8) is 0 Å². The molecule has 0 aromatic heterocycles. The predicted molar refractivity (Wildman–Crippen MR) is 79.5 cm³/mol. The molecule has 1 aliphatic carbocycles. The van der Waals surface area contributed by atoms with Crippen LogP contribution in [-0.4, -0.2) is 30.1 Å². The standard InChI is InChI=1S/C17H24N2/c1-2-8-16-14(5-1)11-15(18-16)12-19-10-4-7-13-6-3-9-17(13)19/h1-2,5,8,13,15,17-18H,3-4,6-7,9-12H2. The average Bonchev–Trinajstić information content (AvgIpc) is 3.04. The minimum absolute atomic E-state index is 0.636. The zero-order valence-electron chi connectivity index (χ0n) is 11.6. The summed E-state index contributed by atoms with van der Waals surface area (Å²) in [5.74, 6) is 1.01. The Bertz CT molecular complexity index is 431. The van der Waals surface area contributed by atoms with E-state index in [1.807, 2.05) is 0 Å². The molecule has 1 N–H and O–H groups in total. The van der Waals surface area contributed by atoms with Crippen molar-refractivity contribution in [3.05, 3.63) is 29.8 Å². The Hall–Kier alpha value is -1.02. The van der Waals surface area contributed by atoms with Crippen molar-refractivity contribution in [1.82, 2.24) is 4.90 Å². The number of piperidine rings is 1. The molecule has 3 atom stereocenters. The second kappa shape index (κ2) is 4.82. The molecule has 4 rings (SSSR count). The Balaban J connectivity index is 1.43. The molecule has 2 aliphatic heterocycles. The molecule has 2 heteroatoms. The molecule has 1 saturated carbocycles. The summed E-state index contributed by atoms with van der Waals surface area (Å²) in [4.78, 5) is 2.80. The highest BCUT2D eigenvalue weighted by Crippen LogP contribution is 2.37. The van der Waals surface area contributed by atoms with E-state index in [1.54, 1.807) is 0 Å². The third kappa shape index (κ3) is 2.16. The van der Waals surface area contributed by atoms with Crippen molar-refractivity contribution in [1.29, 1.82) is 0 Å². The van der Waals surface area contributed by atoms with Gasteiger partial charge in [-0.1, -0.05) is 24.6 Å². The van der Waals surface area contributed by atoms with E-state index in [-0.39, 0.29) is 0 Å². The van der Waals surface area contributed by atoms with Crippen molar-refractivity contribution >= 4 is 5.69 Å². The van der Waals surface area contributed by atoms with Gasteiger partial charge >= 0.3 is 0 Å². The van der Waals surface area contributed by atoms with Crippen LogP contribution in [-0.2, 0) is 6.42 Å². The molecule has 3 unspecified atom stereocenters. The van der Waals surface area contributed by atoms with Gasteiger partial charge in [-0.3, -0.25) is 4.90 Å². The summed E-state index contributed by atoms with van der Waals surface area (Å²) >= 11 is 0. The van der Waals surface area contributed by atoms with E-state index in [0.717, 1.165) is 12.0 Å². The minimum Gasteiger partial charge on any atom is -0.380 e. The van der Waals surface area contributed by atoms with Crippen LogP contribution < -0.4 is 5.32 Å². The Morgan fingerprint density at radius 2 is 2.00 bits per heavy atom. The van der Waals surface area contributed by atoms with E-state index < -0.39 is 0 Å². The van der Waals surface area contributed by atoms with Gasteiger partial charge in [0.1, 0.15) is 0 Å². The summed E-state index contributed by atoms with van der Waals surface area (Å²) in [5, 5.41) is 3.72. The number of rotatable bonds is 2. The van der Waals surface area contributed by atoms with Crippen LogP contribution in [0.2, 0.25) is 0 Å². The highest BCUT2D eigenvalue weighted by Gasteiger charge is 2.36. The summed E-state index contributed by atoms with van der Waals surface area (Å²) in [7, 11) is 0. The first kappa shape index (κ1) is 11.8. The fourth-order valence-electron chi connectivity index (χ4n) is 4.55. The third-order valence-corrected chi connectivity index (χ3v) is 5.41. The highest BCUT2D eigenvalue weighted by molar-refractivity contribution is 5.56. The maximum atomic E-state index is 3.72. The van der Waals surface area contributed by atoms with Gasteiger partial charge in [-0.25, -0.2) is 0 Å². The van der Waals surface area contributed by atoms with Gasteiger partial charge in [-0.15, -0.1) is 0 Å². The van der Waals surface area contributed by atoms with Crippen LogP contribution in [0.1, 0.15) is 37.7 Å². The monoisotopic (exact) mass is 256 g/mol. The minimum atomic E-state index is 0.636. The van der Waals surface area contributed by atoms with Gasteiger partial charge < -0.3 is 5.32 Å². The van der Waals surface area contributed by atoms with Crippen molar-refractivity contribution in [3.8, 4) is 0 Å². The van der Waals surface area contributed by atoms with Gasteiger partial charge in [0.25, 0.3) is 0 Å². The Morgan fingerprint density at radius 3 is 2.95 bits per heavy atom. The molecule has 19 heavy (non-hydrogen) atoms. The SMILES string of the molecule is c1ccc2c(c1)CC(CN1CCCC3CCCC31)N2. The second-order valence-electron chi connectivity index (χ2n) is 6.60. The van der Waals surface area contributed by atoms with E-state index in [0.29, 0.717) is 6.04 Å². The largest absolute Gasteiger partial charge is 0.380 e. The Morgan fingerprint density at radius 1 is 1.11 bits per heavy atom. The van der Waals surface area contributed by atoms with E-state index in [4.69, 9.17) is 0 Å². The molecule has 1 aromatic rings. The molecule has 0 amide bonds. The molecule has 0 spiro atoms. The first-order chi connectivity index (χ1) is 9.40. The van der Waals surface area contributed by atoms with Crippen molar-refractivity contribution in [2.75, 3.05) is 18.4 Å². The quantitative estimate of drug-likeness (QED) is 0.873. The van der Waals surface area contributed by atoms with Gasteiger partial charge in [0.2, 0.25) is 0 Å². The maximum Gasteiger partial charge on any atom is 0.0429 e. The molecular weight excluding hydrogens is 232 g/mol. The molecule has 2 heterocycles. The molecule has 2 fully saturated rings. The number of nitrogens with one attached hydrogen (secondary N) is 1. The number of para-hydroxylation sites is 1. The topological polar surface area (TPSA) is 15.3 Å². The van der Waals surface area contributed by atoms with Crippen LogP contribution in [0.5, 0.6) is 0 Å². The van der Waals surface area contributed by atoms with Gasteiger partial charge in [0.05, 0.1) is 0 Å². The maximum absolute atomic E-state index is 3.72. The first-order valence-electron chi connectivity index (χ1n) is 7.98. The zero-order valence-corrected chi connectivity index (χ0v) is 11.6. The van der Waals surface area contributed by atoms with Crippen molar-refractivity contribution in [2.24, 2.45) is 5.92 Å². The lowest BCUT2D eigenvalue weighted by atomic mass is 9.91. The lowest BCUT2D eigenvalue weighted by Gasteiger charge is -2.39. The van der Waals surface area contributed by atoms with Gasteiger partial charge in [0.15, 0.2) is 0 Å². The van der Waals surface area contributed by atoms with Gasteiger partial charge in [-0.2, -0.15) is 0 Å². The highest BCUT2D eigenvalue weighted by atomic mass is 15.2. The number of anilines is 1. The Kier molecular flexibility index (Phi) is 2.99. The van der Waals surface area contributed by atoms with Gasteiger partial charge in [-0.05, 0) is 56.2 Å². The van der Waals surface area contributed by atoms with E-state index in [9.17, 15) is 0 Å². The van der Waals surface area contributed by atoms with Crippen LogP contribution in [0, 0.1) is 5.92 Å². The number of hydrogen-bond donors (Lipinski definition) is 1. The lowest BCUT2D eigenvalue weighted by molar-refractivity contribution is 0.109. The summed E-state index contributed by atoms with van der Waals surface area (Å²) in [5.41, 5.74) is 2.87. The van der Waals surface area contributed by atoms with Crippen molar-refractivity contribution < 1.29 is 0 Å². The predicted octanol–water partition coefficient (Wildman–Crippen LogP) is 3.29. The molecular formula is C17H24N2. The molecule has 102 valence electrons. The summed E-state index contributed by atoms with van der Waals surface area (Å²) in [6, 6.07) is 10.3. The lowest BCUT2D eigenvalue weighted by Crippen LogP contribution is -2.47. The summed E-state index contributed by atoms with van der Waals surface area (Å²) in [6.07, 6.45) is 8.51. The summed E-state index contributed by atoms with van der Waals surface area (Å²) in [6.45, 7) is 2.57. The average molecular weight is 256 g/mol. The van der Waals surface area contributed by atoms with Crippen molar-refractivity contribution in [2.45, 2.75) is 50.6 Å². The zero-order chi connectivity index (χ0) is 12.7. The second-order valence-corrected chi connectivity index (χ2v) is 6.60. The molecule has 1 aromatic carbocycles. The number of benzene rings is 1. The van der Waals surface area contributed by atoms with Crippen LogP contribution in [0.3, 0.4) is 0 Å². The molecule has 1 saturated heterocycles. The summed E-state index contributed by atoms with van der Waals surface area (Å²) < 4.78 is 0. The molecule has 0 bridgehead atoms. The van der Waals surface area contributed by atoms with Crippen LogP contribution in [0.4, 0.5) is 5.69 Å². The molecule has 2 nitrogen and oxygen atoms in total. The van der Waals surface area contributed by atoms with Crippen LogP contribution >= 0.6 is 0 Å². The normalized spacial score (nSPS) is 33.8. The number of nitrogens with zero attached hydrogens (tertiary/aromatic N) is 1. The Labute approximate surface area is 116 Å². The van der Waals surface area contributed by atoms with E-state index in [2.05, 4.69) is 34.5 Å². The number of likely N-dealkylation sites (tertiary alicyclic amines) is 1. The first-order valence-corrected chi connectivity index (χ1v) is 7.98. The van der Waals surface area contributed by atoms with E-state index in [1.165, 1.54) is 62.9 Å². The smallest absolute Gasteiger partial charge is 0.0429 e. The van der Waals surface area contributed by atoms with Crippen LogP contribution in [0.15, 0.2) is 24.3 Å².